The van der Waals surface area contributed by atoms with Gasteiger partial charge in [-0.1, -0.05) is 0 Å². The van der Waals surface area contributed by atoms with Crippen LogP contribution in [0.15, 0.2) is 33.6 Å². The Balaban J connectivity index is 2.15. The summed E-state index contributed by atoms with van der Waals surface area (Å²) in [5.41, 5.74) is 2.00. The second-order valence-electron chi connectivity index (χ2n) is 5.18. The number of nitrogens with zero attached hydrogens (tertiary/aromatic N) is 1. The number of anilines is 1. The fraction of sp³-hybridized carbons (Fsp3) is 0.438. The van der Waals surface area contributed by atoms with Crippen LogP contribution in [0.4, 0.5) is 5.69 Å². The van der Waals surface area contributed by atoms with Gasteiger partial charge in [-0.3, -0.25) is 4.79 Å². The fourth-order valence-electron chi connectivity index (χ4n) is 2.39. The van der Waals surface area contributed by atoms with Gasteiger partial charge >= 0.3 is 0 Å². The second kappa shape index (κ2) is 6.63. The third-order valence-electron chi connectivity index (χ3n) is 3.45. The smallest absolute Gasteiger partial charge is 0.250 e. The van der Waals surface area contributed by atoms with Crippen molar-refractivity contribution in [2.24, 2.45) is 0 Å². The third-order valence-corrected chi connectivity index (χ3v) is 3.45. The molecule has 2 aromatic heterocycles. The van der Waals surface area contributed by atoms with Crippen LogP contribution in [0.25, 0.3) is 0 Å². The van der Waals surface area contributed by atoms with Gasteiger partial charge in [0, 0.05) is 31.5 Å². The van der Waals surface area contributed by atoms with Gasteiger partial charge in [0.1, 0.15) is 11.5 Å². The van der Waals surface area contributed by atoms with Crippen LogP contribution in [-0.2, 0) is 11.3 Å². The van der Waals surface area contributed by atoms with E-state index in [2.05, 4.69) is 12.2 Å². The standard InChI is InChI=1S/C16H22N2O3/c1-11-9-15(13(3)21-11)12(2)17-14-5-6-16(19)18(10-14)7-8-20-4/h5-6,9-10,12,17H,7-8H2,1-4H3. The number of methoxy groups -OCH3 is 1. The van der Waals surface area contributed by atoms with Gasteiger partial charge in [0.15, 0.2) is 0 Å². The molecule has 2 rings (SSSR count). The normalized spacial score (nSPS) is 12.4. The summed E-state index contributed by atoms with van der Waals surface area (Å²) in [5, 5.41) is 3.40. The maximum atomic E-state index is 11.8. The lowest BCUT2D eigenvalue weighted by Crippen LogP contribution is -2.21. The van der Waals surface area contributed by atoms with E-state index < -0.39 is 0 Å². The molecule has 0 radical (unpaired) electrons. The Hall–Kier alpha value is -2.01. The number of hydrogen-bond acceptors (Lipinski definition) is 4. The van der Waals surface area contributed by atoms with Crippen LogP contribution in [0.1, 0.15) is 30.0 Å². The van der Waals surface area contributed by atoms with Crippen molar-refractivity contribution in [3.8, 4) is 0 Å². The van der Waals surface area contributed by atoms with Gasteiger partial charge in [0.2, 0.25) is 0 Å². The van der Waals surface area contributed by atoms with Crippen LogP contribution in [-0.4, -0.2) is 18.3 Å². The van der Waals surface area contributed by atoms with Crippen LogP contribution in [0.3, 0.4) is 0 Å². The Kier molecular flexibility index (Phi) is 4.85. The molecule has 0 aliphatic carbocycles. The van der Waals surface area contributed by atoms with Crippen molar-refractivity contribution in [3.05, 3.63) is 51.8 Å². The fourth-order valence-corrected chi connectivity index (χ4v) is 2.39. The van der Waals surface area contributed by atoms with E-state index in [1.54, 1.807) is 23.8 Å². The molecule has 0 bridgehead atoms. The summed E-state index contributed by atoms with van der Waals surface area (Å²) in [5.74, 6) is 1.82. The van der Waals surface area contributed by atoms with Crippen molar-refractivity contribution >= 4 is 5.69 Å². The van der Waals surface area contributed by atoms with E-state index in [4.69, 9.17) is 9.15 Å². The molecule has 0 spiro atoms. The highest BCUT2D eigenvalue weighted by Gasteiger charge is 2.12. The molecule has 0 aliphatic rings. The summed E-state index contributed by atoms with van der Waals surface area (Å²) in [6.45, 7) is 7.03. The third kappa shape index (κ3) is 3.76. The van der Waals surface area contributed by atoms with E-state index in [0.717, 1.165) is 22.8 Å². The van der Waals surface area contributed by atoms with Gasteiger partial charge in [-0.2, -0.15) is 0 Å². The van der Waals surface area contributed by atoms with E-state index in [0.29, 0.717) is 13.2 Å². The number of aromatic nitrogens is 1. The largest absolute Gasteiger partial charge is 0.466 e. The highest BCUT2D eigenvalue weighted by molar-refractivity contribution is 5.43. The first kappa shape index (κ1) is 15.4. The van der Waals surface area contributed by atoms with Gasteiger partial charge in [0.25, 0.3) is 5.56 Å². The second-order valence-corrected chi connectivity index (χ2v) is 5.18. The van der Waals surface area contributed by atoms with Crippen molar-refractivity contribution in [1.82, 2.24) is 4.57 Å². The molecule has 1 unspecified atom stereocenters. The Morgan fingerprint density at radius 3 is 2.76 bits per heavy atom. The first-order valence-corrected chi connectivity index (χ1v) is 7.04. The molecule has 0 saturated heterocycles. The first-order valence-electron chi connectivity index (χ1n) is 7.04. The predicted octanol–water partition coefficient (Wildman–Crippen LogP) is 2.88. The minimum Gasteiger partial charge on any atom is -0.466 e. The van der Waals surface area contributed by atoms with Crippen LogP contribution < -0.4 is 10.9 Å². The monoisotopic (exact) mass is 290 g/mol. The zero-order chi connectivity index (χ0) is 15.4. The number of hydrogen-bond donors (Lipinski definition) is 1. The predicted molar refractivity (Wildman–Crippen MR) is 82.8 cm³/mol. The molecule has 2 aromatic rings. The minimum atomic E-state index is -0.0272. The van der Waals surface area contributed by atoms with Crippen LogP contribution in [0, 0.1) is 13.8 Å². The summed E-state index contributed by atoms with van der Waals surface area (Å²) in [6.07, 6.45) is 1.82. The van der Waals surface area contributed by atoms with Crippen molar-refractivity contribution in [2.45, 2.75) is 33.4 Å². The molecule has 5 nitrogen and oxygen atoms in total. The van der Waals surface area contributed by atoms with E-state index >= 15 is 0 Å². The summed E-state index contributed by atoms with van der Waals surface area (Å²) in [6, 6.07) is 5.51. The van der Waals surface area contributed by atoms with Crippen molar-refractivity contribution in [2.75, 3.05) is 19.0 Å². The highest BCUT2D eigenvalue weighted by atomic mass is 16.5. The molecule has 0 saturated carbocycles. The molecule has 114 valence electrons. The van der Waals surface area contributed by atoms with Crippen LogP contribution >= 0.6 is 0 Å². The SMILES string of the molecule is COCCn1cc(NC(C)c2cc(C)oc2C)ccc1=O. The molecular weight excluding hydrogens is 268 g/mol. The lowest BCUT2D eigenvalue weighted by Gasteiger charge is -2.16. The first-order chi connectivity index (χ1) is 10.0. The Labute approximate surface area is 124 Å². The number of ether oxygens (including phenoxy) is 1. The Morgan fingerprint density at radius 1 is 1.38 bits per heavy atom. The quantitative estimate of drug-likeness (QED) is 0.888. The summed E-state index contributed by atoms with van der Waals surface area (Å²) < 4.78 is 12.2. The molecule has 0 amide bonds. The number of pyridine rings is 1. The average molecular weight is 290 g/mol. The van der Waals surface area contributed by atoms with Gasteiger partial charge in [-0.05, 0) is 32.9 Å². The maximum absolute atomic E-state index is 11.8. The van der Waals surface area contributed by atoms with Crippen molar-refractivity contribution < 1.29 is 9.15 Å². The van der Waals surface area contributed by atoms with Crippen molar-refractivity contribution in [1.29, 1.82) is 0 Å². The van der Waals surface area contributed by atoms with Gasteiger partial charge in [-0.15, -0.1) is 0 Å². The maximum Gasteiger partial charge on any atom is 0.250 e. The van der Waals surface area contributed by atoms with E-state index in [-0.39, 0.29) is 11.6 Å². The van der Waals surface area contributed by atoms with E-state index in [1.807, 2.05) is 26.1 Å². The van der Waals surface area contributed by atoms with Crippen molar-refractivity contribution in [3.63, 3.8) is 0 Å². The topological polar surface area (TPSA) is 56.4 Å². The highest BCUT2D eigenvalue weighted by Crippen LogP contribution is 2.24. The van der Waals surface area contributed by atoms with Crippen LogP contribution in [0.5, 0.6) is 0 Å². The number of furan rings is 1. The molecule has 1 N–H and O–H groups in total. The van der Waals surface area contributed by atoms with Gasteiger partial charge in [0.05, 0.1) is 18.3 Å². The molecule has 0 aromatic carbocycles. The minimum absolute atomic E-state index is 0.0272. The lowest BCUT2D eigenvalue weighted by molar-refractivity contribution is 0.186. The molecular formula is C16H22N2O3. The zero-order valence-corrected chi connectivity index (χ0v) is 13.0. The number of nitrogens with one attached hydrogen (secondary N) is 1. The van der Waals surface area contributed by atoms with E-state index in [9.17, 15) is 4.79 Å². The van der Waals surface area contributed by atoms with Gasteiger partial charge < -0.3 is 19.0 Å². The summed E-state index contributed by atoms with van der Waals surface area (Å²) >= 11 is 0. The average Bonchev–Trinajstić information content (AvgIpc) is 2.78. The molecule has 1 atom stereocenters. The Bertz CT molecular complexity index is 658. The van der Waals surface area contributed by atoms with E-state index in [1.165, 1.54) is 0 Å². The zero-order valence-electron chi connectivity index (χ0n) is 13.0. The number of rotatable bonds is 6. The van der Waals surface area contributed by atoms with Gasteiger partial charge in [-0.25, -0.2) is 0 Å². The van der Waals surface area contributed by atoms with Crippen LogP contribution in [0.2, 0.25) is 0 Å². The molecule has 2 heterocycles. The summed E-state index contributed by atoms with van der Waals surface area (Å²) in [4.78, 5) is 11.8. The molecule has 5 heteroatoms. The molecule has 21 heavy (non-hydrogen) atoms. The Morgan fingerprint density at radius 2 is 2.14 bits per heavy atom. The number of aryl methyl sites for hydroxylation is 2. The molecule has 0 fully saturated rings. The molecule has 0 aliphatic heterocycles. The lowest BCUT2D eigenvalue weighted by atomic mass is 10.1. The summed E-state index contributed by atoms with van der Waals surface area (Å²) in [7, 11) is 1.62.